The molecule has 322 valence electrons. The predicted molar refractivity (Wildman–Crippen MR) is 228 cm³/mol. The number of carbonyl (C=O) groups is 3. The lowest BCUT2D eigenvalue weighted by atomic mass is 9.85. The van der Waals surface area contributed by atoms with Crippen molar-refractivity contribution in [3.8, 4) is 17.1 Å². The summed E-state index contributed by atoms with van der Waals surface area (Å²) in [6.45, 7) is 12.1. The number of nitrogens with one attached hydrogen (secondary N) is 2. The van der Waals surface area contributed by atoms with Gasteiger partial charge in [-0.15, -0.1) is 0 Å². The number of halogens is 1. The van der Waals surface area contributed by atoms with Crippen LogP contribution in [0.25, 0.3) is 22.3 Å². The average molecular weight is 834 g/mol. The average Bonchev–Trinajstić information content (AvgIpc) is 3.66. The minimum Gasteiger partial charge on any atom is -0.488 e. The van der Waals surface area contributed by atoms with Gasteiger partial charge in [0, 0.05) is 73.8 Å². The van der Waals surface area contributed by atoms with Crippen molar-refractivity contribution >= 4 is 40.1 Å². The molecule has 10 rings (SSSR count). The summed E-state index contributed by atoms with van der Waals surface area (Å²) in [4.78, 5) is 55.1. The maximum atomic E-state index is 16.0. The highest BCUT2D eigenvalue weighted by molar-refractivity contribution is 6.05. The van der Waals surface area contributed by atoms with Crippen molar-refractivity contribution in [2.45, 2.75) is 121 Å². The van der Waals surface area contributed by atoms with E-state index in [0.717, 1.165) is 124 Å². The van der Waals surface area contributed by atoms with Crippen molar-refractivity contribution in [1.82, 2.24) is 35.3 Å². The molecule has 0 radical (unpaired) electrons. The number of piperidine rings is 4. The van der Waals surface area contributed by atoms with E-state index in [1.807, 2.05) is 18.2 Å². The van der Waals surface area contributed by atoms with Crippen LogP contribution in [0.3, 0.4) is 0 Å². The van der Waals surface area contributed by atoms with E-state index >= 15 is 4.39 Å². The molecule has 2 aromatic heterocycles. The van der Waals surface area contributed by atoms with Crippen LogP contribution in [0.5, 0.6) is 5.75 Å². The highest BCUT2D eigenvalue weighted by Gasteiger charge is 2.43. The van der Waals surface area contributed by atoms with E-state index in [-0.39, 0.29) is 60.4 Å². The summed E-state index contributed by atoms with van der Waals surface area (Å²) in [7, 11) is 0. The summed E-state index contributed by atoms with van der Waals surface area (Å²) < 4.78 is 29.1. The Bertz CT molecular complexity index is 2350. The first-order valence-corrected chi connectivity index (χ1v) is 22.3. The van der Waals surface area contributed by atoms with E-state index in [0.29, 0.717) is 22.7 Å². The molecule has 2 aromatic carbocycles. The first kappa shape index (κ1) is 40.0. The summed E-state index contributed by atoms with van der Waals surface area (Å²) in [5.41, 5.74) is 3.66. The van der Waals surface area contributed by atoms with E-state index in [4.69, 9.17) is 9.47 Å². The second-order valence-corrected chi connectivity index (χ2v) is 19.0. The number of anilines is 2. The monoisotopic (exact) mass is 833 g/mol. The quantitative estimate of drug-likeness (QED) is 0.182. The van der Waals surface area contributed by atoms with Gasteiger partial charge in [-0.1, -0.05) is 0 Å². The Kier molecular flexibility index (Phi) is 10.2. The normalized spacial score (nSPS) is 24.7. The molecule has 6 aliphatic rings. The molecule has 2 N–H and O–H groups in total. The van der Waals surface area contributed by atoms with Crippen molar-refractivity contribution in [3.63, 3.8) is 0 Å². The van der Waals surface area contributed by atoms with Gasteiger partial charge in [-0.05, 0) is 115 Å². The molecule has 61 heavy (non-hydrogen) atoms. The molecule has 2 atom stereocenters. The van der Waals surface area contributed by atoms with Gasteiger partial charge in [-0.2, -0.15) is 5.10 Å². The van der Waals surface area contributed by atoms with Gasteiger partial charge < -0.3 is 24.2 Å². The zero-order valence-electron chi connectivity index (χ0n) is 35.4. The number of nitrogens with zero attached hydrogens (tertiary/aromatic N) is 7. The smallest absolute Gasteiger partial charge is 0.255 e. The van der Waals surface area contributed by atoms with Gasteiger partial charge in [0.1, 0.15) is 35.2 Å². The molecular weight excluding hydrogens is 778 g/mol. The molecule has 3 amide bonds. The van der Waals surface area contributed by atoms with Gasteiger partial charge in [-0.25, -0.2) is 14.4 Å². The fourth-order valence-electron chi connectivity index (χ4n) is 10.3. The second-order valence-electron chi connectivity index (χ2n) is 19.0. The van der Waals surface area contributed by atoms with Crippen molar-refractivity contribution in [3.05, 3.63) is 59.7 Å². The molecule has 5 aliphatic heterocycles. The molecule has 1 aliphatic carbocycles. The van der Waals surface area contributed by atoms with Crippen molar-refractivity contribution in [2.24, 2.45) is 5.92 Å². The van der Waals surface area contributed by atoms with E-state index < -0.39 is 11.9 Å². The van der Waals surface area contributed by atoms with Crippen LogP contribution >= 0.6 is 0 Å². The van der Waals surface area contributed by atoms with Crippen LogP contribution in [0, 0.1) is 11.7 Å². The number of fused-ring (bicyclic) bond motifs is 2. The summed E-state index contributed by atoms with van der Waals surface area (Å²) in [6, 6.07) is 10.8. The minimum absolute atomic E-state index is 0.00429. The third-order valence-electron chi connectivity index (χ3n) is 14.3. The number of amides is 3. The topological polar surface area (TPSA) is 149 Å². The van der Waals surface area contributed by atoms with E-state index in [2.05, 4.69) is 67.0 Å². The number of benzene rings is 2. The lowest BCUT2D eigenvalue weighted by Gasteiger charge is -2.48. The Hall–Kier alpha value is -5.15. The Labute approximate surface area is 355 Å². The van der Waals surface area contributed by atoms with Gasteiger partial charge in [-0.3, -0.25) is 29.7 Å². The number of carbonyl (C=O) groups excluding carboxylic acids is 3. The largest absolute Gasteiger partial charge is 0.488 e. The van der Waals surface area contributed by atoms with Gasteiger partial charge in [0.2, 0.25) is 11.8 Å². The van der Waals surface area contributed by atoms with Crippen LogP contribution in [-0.2, 0) is 20.9 Å². The van der Waals surface area contributed by atoms with Crippen LogP contribution < -0.4 is 19.9 Å². The number of imide groups is 1. The van der Waals surface area contributed by atoms with Crippen molar-refractivity contribution in [1.29, 1.82) is 0 Å². The van der Waals surface area contributed by atoms with E-state index in [9.17, 15) is 14.4 Å². The number of likely N-dealkylation sites (tertiary alicyclic amines) is 1. The number of hydrogen-bond donors (Lipinski definition) is 2. The summed E-state index contributed by atoms with van der Waals surface area (Å²) in [6.07, 6.45) is 10.5. The third kappa shape index (κ3) is 7.95. The molecule has 0 spiro atoms. The summed E-state index contributed by atoms with van der Waals surface area (Å²) in [5.74, 6) is 0.711. The standard InChI is InChI=1S/C46H56FN9O5/c1-45(2)24-31(60-29-12-19-54(20-13-29)39-23-36(48-27-49-39)42-33-22-30(61-46(3)15-16-46)4-6-35(33)51-52-42)14-21-55(45)25-28-10-17-53(18-11-28)37-7-5-32-34(41(37)47)26-56(44(32)59)38-8-9-40(57)50-43(38)58/h4-7,22-23,27-29,31,38H,8-21,24-26H2,1-3H3,(H,51,52)(H,50,57,58)/t31-,38?/m0/s1. The Balaban J connectivity index is 0.693. The van der Waals surface area contributed by atoms with Crippen molar-refractivity contribution < 1.29 is 28.2 Å². The van der Waals surface area contributed by atoms with E-state index in [1.165, 1.54) is 4.90 Å². The van der Waals surface area contributed by atoms with Crippen LogP contribution in [-0.4, -0.2) is 116 Å². The SMILES string of the molecule is CC1(Oc2ccc3[nH]nc(-c4cc(N5CCC(O[C@H]6CCN(CC7CCN(c8ccc9c(c8F)CN(C8CCC(=O)NC8=O)C9=O)CC7)C(C)(C)C6)CC5)ncn4)c3c2)CC1. The zero-order chi connectivity index (χ0) is 42.0. The molecule has 1 unspecified atom stereocenters. The molecule has 5 fully saturated rings. The fraction of sp³-hybridized carbons (Fsp3) is 0.565. The molecule has 0 bridgehead atoms. The lowest BCUT2D eigenvalue weighted by molar-refractivity contribution is -0.136. The number of aromatic nitrogens is 4. The maximum absolute atomic E-state index is 16.0. The number of aromatic amines is 1. The molecule has 7 heterocycles. The fourth-order valence-corrected chi connectivity index (χ4v) is 10.3. The zero-order valence-corrected chi connectivity index (χ0v) is 35.4. The number of ether oxygens (including phenoxy) is 2. The third-order valence-corrected chi connectivity index (χ3v) is 14.3. The summed E-state index contributed by atoms with van der Waals surface area (Å²) in [5, 5.41) is 11.1. The Morgan fingerprint density at radius 1 is 0.869 bits per heavy atom. The van der Waals surface area contributed by atoms with Crippen molar-refractivity contribution in [2.75, 3.05) is 49.1 Å². The van der Waals surface area contributed by atoms with Gasteiger partial charge in [0.05, 0.1) is 35.7 Å². The van der Waals surface area contributed by atoms with Crippen LogP contribution in [0.15, 0.2) is 42.7 Å². The summed E-state index contributed by atoms with van der Waals surface area (Å²) >= 11 is 0. The number of H-pyrrole nitrogens is 1. The molecular formula is C46H56FN9O5. The van der Waals surface area contributed by atoms with Crippen LogP contribution in [0.4, 0.5) is 15.9 Å². The minimum atomic E-state index is -0.761. The Morgan fingerprint density at radius 2 is 1.64 bits per heavy atom. The van der Waals surface area contributed by atoms with Crippen LogP contribution in [0.1, 0.15) is 101 Å². The number of hydrogen-bond acceptors (Lipinski definition) is 11. The molecule has 4 aromatic rings. The van der Waals surface area contributed by atoms with Gasteiger partial charge in [0.25, 0.3) is 5.91 Å². The predicted octanol–water partition coefficient (Wildman–Crippen LogP) is 6.00. The molecule has 1 saturated carbocycles. The van der Waals surface area contributed by atoms with Crippen LogP contribution in [0.2, 0.25) is 0 Å². The van der Waals surface area contributed by atoms with Gasteiger partial charge >= 0.3 is 0 Å². The maximum Gasteiger partial charge on any atom is 0.255 e. The highest BCUT2D eigenvalue weighted by atomic mass is 19.1. The number of rotatable bonds is 10. The molecule has 14 nitrogen and oxygen atoms in total. The molecule has 15 heteroatoms. The lowest BCUT2D eigenvalue weighted by Crippen LogP contribution is -2.54. The first-order valence-electron chi connectivity index (χ1n) is 22.3. The molecule has 4 saturated heterocycles. The highest BCUT2D eigenvalue weighted by Crippen LogP contribution is 2.41. The Morgan fingerprint density at radius 3 is 2.39 bits per heavy atom. The van der Waals surface area contributed by atoms with E-state index in [1.54, 1.807) is 18.5 Å². The second kappa shape index (κ2) is 15.6. The van der Waals surface area contributed by atoms with Gasteiger partial charge in [0.15, 0.2) is 5.82 Å². The first-order chi connectivity index (χ1) is 29.4.